The first-order valence-electron chi connectivity index (χ1n) is 6.38. The molecular formula is C13H26O3. The SMILES string of the molecule is CCCCCCCCOCC(C)C(=O)OC. The molecule has 3 nitrogen and oxygen atoms in total. The number of esters is 1. The summed E-state index contributed by atoms with van der Waals surface area (Å²) in [6.07, 6.45) is 7.57. The van der Waals surface area contributed by atoms with Crippen LogP contribution < -0.4 is 0 Å². The lowest BCUT2D eigenvalue weighted by molar-refractivity contribution is -0.146. The van der Waals surface area contributed by atoms with Crippen molar-refractivity contribution < 1.29 is 14.3 Å². The van der Waals surface area contributed by atoms with E-state index in [1.807, 2.05) is 6.92 Å². The third-order valence-electron chi connectivity index (χ3n) is 2.61. The van der Waals surface area contributed by atoms with E-state index in [-0.39, 0.29) is 11.9 Å². The Balaban J connectivity index is 3.17. The number of ether oxygens (including phenoxy) is 2. The summed E-state index contributed by atoms with van der Waals surface area (Å²) in [7, 11) is 1.41. The Morgan fingerprint density at radius 2 is 1.75 bits per heavy atom. The van der Waals surface area contributed by atoms with Gasteiger partial charge in [-0.15, -0.1) is 0 Å². The van der Waals surface area contributed by atoms with Gasteiger partial charge in [-0.05, 0) is 13.3 Å². The summed E-state index contributed by atoms with van der Waals surface area (Å²) in [6, 6.07) is 0. The van der Waals surface area contributed by atoms with Gasteiger partial charge < -0.3 is 9.47 Å². The Morgan fingerprint density at radius 3 is 2.38 bits per heavy atom. The van der Waals surface area contributed by atoms with Crippen LogP contribution in [0.2, 0.25) is 0 Å². The first-order chi connectivity index (χ1) is 7.72. The molecule has 0 rings (SSSR count). The fraction of sp³-hybridized carbons (Fsp3) is 0.923. The van der Waals surface area contributed by atoms with Crippen LogP contribution >= 0.6 is 0 Å². The fourth-order valence-corrected chi connectivity index (χ4v) is 1.51. The van der Waals surface area contributed by atoms with Gasteiger partial charge in [-0.25, -0.2) is 0 Å². The van der Waals surface area contributed by atoms with Crippen LogP contribution in [0.25, 0.3) is 0 Å². The van der Waals surface area contributed by atoms with Gasteiger partial charge in [0.25, 0.3) is 0 Å². The van der Waals surface area contributed by atoms with Gasteiger partial charge in [0, 0.05) is 6.61 Å². The molecule has 0 aliphatic carbocycles. The molecule has 0 radical (unpaired) electrons. The molecule has 3 heteroatoms. The summed E-state index contributed by atoms with van der Waals surface area (Å²) in [4.78, 5) is 11.0. The molecule has 96 valence electrons. The smallest absolute Gasteiger partial charge is 0.310 e. The maximum absolute atomic E-state index is 11.0. The minimum absolute atomic E-state index is 0.148. The number of carbonyl (C=O) groups excluding carboxylic acids is 1. The van der Waals surface area contributed by atoms with Gasteiger partial charge in [0.05, 0.1) is 19.6 Å². The number of hydrogen-bond donors (Lipinski definition) is 0. The van der Waals surface area contributed by atoms with Gasteiger partial charge in [0.1, 0.15) is 0 Å². The first kappa shape index (κ1) is 15.4. The Bertz CT molecular complexity index is 169. The van der Waals surface area contributed by atoms with E-state index in [2.05, 4.69) is 11.7 Å². The maximum atomic E-state index is 11.0. The molecule has 0 aliphatic rings. The lowest BCUT2D eigenvalue weighted by Gasteiger charge is -2.09. The van der Waals surface area contributed by atoms with Crippen LogP contribution in [-0.4, -0.2) is 26.3 Å². The number of methoxy groups -OCH3 is 1. The molecule has 16 heavy (non-hydrogen) atoms. The number of rotatable bonds is 10. The van der Waals surface area contributed by atoms with Crippen molar-refractivity contribution in [1.82, 2.24) is 0 Å². The van der Waals surface area contributed by atoms with Gasteiger partial charge in [-0.3, -0.25) is 4.79 Å². The van der Waals surface area contributed by atoms with Gasteiger partial charge in [-0.2, -0.15) is 0 Å². The normalized spacial score (nSPS) is 12.4. The molecule has 0 saturated heterocycles. The summed E-state index contributed by atoms with van der Waals surface area (Å²) in [5.41, 5.74) is 0. The van der Waals surface area contributed by atoms with E-state index in [0.717, 1.165) is 13.0 Å². The number of carbonyl (C=O) groups is 1. The second-order valence-corrected chi connectivity index (χ2v) is 4.27. The van der Waals surface area contributed by atoms with Crippen LogP contribution in [0.1, 0.15) is 52.4 Å². The summed E-state index contributed by atoms with van der Waals surface area (Å²) in [5.74, 6) is -0.340. The largest absolute Gasteiger partial charge is 0.469 e. The predicted octanol–water partition coefficient (Wildman–Crippen LogP) is 3.17. The predicted molar refractivity (Wildman–Crippen MR) is 65.4 cm³/mol. The third-order valence-corrected chi connectivity index (χ3v) is 2.61. The maximum Gasteiger partial charge on any atom is 0.310 e. The van der Waals surface area contributed by atoms with Crippen molar-refractivity contribution in [3.63, 3.8) is 0 Å². The van der Waals surface area contributed by atoms with Gasteiger partial charge in [0.2, 0.25) is 0 Å². The molecule has 0 aromatic rings. The van der Waals surface area contributed by atoms with E-state index in [0.29, 0.717) is 6.61 Å². The van der Waals surface area contributed by atoms with Gasteiger partial charge in [0.15, 0.2) is 0 Å². The molecule has 0 aromatic carbocycles. The van der Waals surface area contributed by atoms with Gasteiger partial charge in [-0.1, -0.05) is 39.0 Å². The quantitative estimate of drug-likeness (QED) is 0.427. The van der Waals surface area contributed by atoms with E-state index in [4.69, 9.17) is 4.74 Å². The molecule has 0 heterocycles. The lowest BCUT2D eigenvalue weighted by atomic mass is 10.1. The summed E-state index contributed by atoms with van der Waals surface area (Å²) in [5, 5.41) is 0. The molecule has 0 N–H and O–H groups in total. The second-order valence-electron chi connectivity index (χ2n) is 4.27. The van der Waals surface area contributed by atoms with Crippen molar-refractivity contribution in [2.45, 2.75) is 52.4 Å². The molecule has 0 bridgehead atoms. The molecule has 0 aromatic heterocycles. The lowest BCUT2D eigenvalue weighted by Crippen LogP contribution is -2.18. The van der Waals surface area contributed by atoms with Gasteiger partial charge >= 0.3 is 5.97 Å². The zero-order chi connectivity index (χ0) is 12.2. The van der Waals surface area contributed by atoms with Crippen molar-refractivity contribution in [2.75, 3.05) is 20.3 Å². The Hall–Kier alpha value is -0.570. The van der Waals surface area contributed by atoms with Crippen molar-refractivity contribution in [3.8, 4) is 0 Å². The summed E-state index contributed by atoms with van der Waals surface area (Å²) < 4.78 is 10.0. The van der Waals surface area contributed by atoms with E-state index < -0.39 is 0 Å². The van der Waals surface area contributed by atoms with Crippen molar-refractivity contribution in [2.24, 2.45) is 5.92 Å². The van der Waals surface area contributed by atoms with E-state index in [1.165, 1.54) is 39.2 Å². The zero-order valence-electron chi connectivity index (χ0n) is 11.0. The molecule has 0 saturated carbocycles. The van der Waals surface area contributed by atoms with Crippen molar-refractivity contribution in [1.29, 1.82) is 0 Å². The minimum atomic E-state index is -0.192. The van der Waals surface area contributed by atoms with Crippen LogP contribution in [0.3, 0.4) is 0 Å². The number of hydrogen-bond acceptors (Lipinski definition) is 3. The average molecular weight is 230 g/mol. The molecule has 0 amide bonds. The molecular weight excluding hydrogens is 204 g/mol. The molecule has 0 aliphatic heterocycles. The highest BCUT2D eigenvalue weighted by molar-refractivity contribution is 5.71. The van der Waals surface area contributed by atoms with E-state index >= 15 is 0 Å². The van der Waals surface area contributed by atoms with Crippen LogP contribution in [-0.2, 0) is 14.3 Å². The monoisotopic (exact) mass is 230 g/mol. The Morgan fingerprint density at radius 1 is 1.12 bits per heavy atom. The molecule has 1 unspecified atom stereocenters. The molecule has 0 spiro atoms. The highest BCUT2D eigenvalue weighted by Gasteiger charge is 2.12. The second kappa shape index (κ2) is 10.9. The highest BCUT2D eigenvalue weighted by Crippen LogP contribution is 2.05. The Kier molecular flexibility index (Phi) is 10.5. The van der Waals surface area contributed by atoms with E-state index in [1.54, 1.807) is 0 Å². The standard InChI is InChI=1S/C13H26O3/c1-4-5-6-7-8-9-10-16-11-12(2)13(14)15-3/h12H,4-11H2,1-3H3. The molecule has 1 atom stereocenters. The van der Waals surface area contributed by atoms with Crippen molar-refractivity contribution >= 4 is 5.97 Å². The van der Waals surface area contributed by atoms with Crippen LogP contribution in [0.4, 0.5) is 0 Å². The summed E-state index contributed by atoms with van der Waals surface area (Å²) in [6.45, 7) is 5.28. The highest BCUT2D eigenvalue weighted by atomic mass is 16.5. The fourth-order valence-electron chi connectivity index (χ4n) is 1.51. The minimum Gasteiger partial charge on any atom is -0.469 e. The van der Waals surface area contributed by atoms with E-state index in [9.17, 15) is 4.79 Å². The average Bonchev–Trinajstić information content (AvgIpc) is 2.31. The summed E-state index contributed by atoms with van der Waals surface area (Å²) >= 11 is 0. The number of unbranched alkanes of at least 4 members (excludes halogenated alkanes) is 5. The van der Waals surface area contributed by atoms with Crippen LogP contribution in [0.5, 0.6) is 0 Å². The first-order valence-corrected chi connectivity index (χ1v) is 6.38. The van der Waals surface area contributed by atoms with Crippen LogP contribution in [0, 0.1) is 5.92 Å². The zero-order valence-corrected chi connectivity index (χ0v) is 11.0. The Labute approximate surface area is 99.5 Å². The molecule has 0 fully saturated rings. The van der Waals surface area contributed by atoms with Crippen molar-refractivity contribution in [3.05, 3.63) is 0 Å². The van der Waals surface area contributed by atoms with Crippen LogP contribution in [0.15, 0.2) is 0 Å². The topological polar surface area (TPSA) is 35.5 Å². The third kappa shape index (κ3) is 8.72.